The summed E-state index contributed by atoms with van der Waals surface area (Å²) in [6, 6.07) is 32.8. The van der Waals surface area contributed by atoms with Gasteiger partial charge in [0.05, 0.1) is 42.8 Å². The van der Waals surface area contributed by atoms with Crippen LogP contribution in [0.1, 0.15) is 94.3 Å². The molecular weight excluding hydrogens is 895 g/mol. The molecule has 2 saturated heterocycles. The average molecular weight is 958 g/mol. The lowest BCUT2D eigenvalue weighted by molar-refractivity contribution is 0.0943. The van der Waals surface area contributed by atoms with Crippen molar-refractivity contribution >= 4 is 28.9 Å². The Labute approximate surface area is 413 Å². The van der Waals surface area contributed by atoms with Gasteiger partial charge in [0.25, 0.3) is 22.9 Å². The van der Waals surface area contributed by atoms with Gasteiger partial charge in [-0.05, 0) is 155 Å². The van der Waals surface area contributed by atoms with E-state index < -0.39 is 0 Å². The molecule has 0 unspecified atom stereocenters. The van der Waals surface area contributed by atoms with Crippen molar-refractivity contribution in [2.24, 2.45) is 4.99 Å². The number of benzene rings is 4. The lowest BCUT2D eigenvalue weighted by Crippen LogP contribution is -2.33. The molecule has 0 radical (unpaired) electrons. The van der Waals surface area contributed by atoms with Crippen LogP contribution >= 0.6 is 0 Å². The minimum atomic E-state index is -0.232. The van der Waals surface area contributed by atoms with E-state index in [-0.39, 0.29) is 29.5 Å². The van der Waals surface area contributed by atoms with E-state index in [2.05, 4.69) is 63.1 Å². The van der Waals surface area contributed by atoms with Crippen LogP contribution in [0.25, 0.3) is 33.4 Å². The third kappa shape index (κ3) is 14.6. The molecule has 0 bridgehead atoms. The van der Waals surface area contributed by atoms with Gasteiger partial charge >= 0.3 is 0 Å². The van der Waals surface area contributed by atoms with Gasteiger partial charge in [0.15, 0.2) is 0 Å². The van der Waals surface area contributed by atoms with Crippen LogP contribution in [0, 0.1) is 0 Å². The fourth-order valence-corrected chi connectivity index (χ4v) is 8.90. The Morgan fingerprint density at radius 1 is 0.634 bits per heavy atom. The molecule has 3 aromatic heterocycles. The maximum Gasteiger partial charge on any atom is 0.267 e. The maximum absolute atomic E-state index is 12.5. The quantitative estimate of drug-likeness (QED) is 0.0697. The van der Waals surface area contributed by atoms with Gasteiger partial charge in [0, 0.05) is 59.1 Å². The summed E-state index contributed by atoms with van der Waals surface area (Å²) >= 11 is 0. The zero-order valence-electron chi connectivity index (χ0n) is 40.2. The number of likely N-dealkylation sites (tertiary alicyclic amines) is 2. The van der Waals surface area contributed by atoms with E-state index in [1.165, 1.54) is 81.0 Å². The number of fused-ring (bicyclic) bond motifs is 2. The summed E-state index contributed by atoms with van der Waals surface area (Å²) in [4.78, 5) is 57.5. The van der Waals surface area contributed by atoms with Gasteiger partial charge < -0.3 is 25.5 Å². The molecule has 0 saturated carbocycles. The van der Waals surface area contributed by atoms with E-state index in [4.69, 9.17) is 5.11 Å². The number of hydrogen-bond donors (Lipinski definition) is 5. The zero-order valence-corrected chi connectivity index (χ0v) is 40.2. The minimum absolute atomic E-state index is 0.0559. The molecule has 5 N–H and O–H groups in total. The van der Waals surface area contributed by atoms with Gasteiger partial charge in [-0.2, -0.15) is 15.3 Å². The van der Waals surface area contributed by atoms with Gasteiger partial charge in [0.2, 0.25) is 0 Å². The van der Waals surface area contributed by atoms with Crippen LogP contribution in [0.3, 0.4) is 0 Å². The van der Waals surface area contributed by atoms with Crippen molar-refractivity contribution < 1.29 is 14.7 Å². The predicted molar refractivity (Wildman–Crippen MR) is 278 cm³/mol. The minimum Gasteiger partial charge on any atom is -0.392 e. The topological polar surface area (TPSA) is 207 Å². The normalized spacial score (nSPS) is 14.4. The number of aliphatic imine (C=N–C) groups is 1. The Morgan fingerprint density at radius 2 is 1.24 bits per heavy atom. The van der Waals surface area contributed by atoms with Crippen LogP contribution in [0.15, 0.2) is 130 Å². The number of hydrogen-bond acceptors (Lipinski definition) is 11. The molecule has 2 amide bonds. The number of H-pyrrole nitrogens is 2. The number of piperidine rings is 2. The van der Waals surface area contributed by atoms with Gasteiger partial charge in [-0.1, -0.05) is 55.3 Å². The molecule has 368 valence electrons. The predicted octanol–water partition coefficient (Wildman–Crippen LogP) is 6.59. The molecule has 0 aliphatic carbocycles. The van der Waals surface area contributed by atoms with E-state index in [1.54, 1.807) is 36.5 Å². The molecule has 3 aliphatic heterocycles. The van der Waals surface area contributed by atoms with Crippen molar-refractivity contribution in [2.75, 3.05) is 52.4 Å². The summed E-state index contributed by atoms with van der Waals surface area (Å²) in [5.41, 5.74) is 9.20. The highest BCUT2D eigenvalue weighted by Crippen LogP contribution is 2.20. The van der Waals surface area contributed by atoms with E-state index >= 15 is 0 Å². The Balaban J connectivity index is 0.000000162. The average Bonchev–Trinajstić information content (AvgIpc) is 4.10. The Hall–Kier alpha value is -7.40. The van der Waals surface area contributed by atoms with Crippen molar-refractivity contribution in [1.29, 1.82) is 0 Å². The molecule has 7 aromatic rings. The summed E-state index contributed by atoms with van der Waals surface area (Å²) in [5, 5.41) is 33.5. The number of aliphatic hydroxyl groups is 1. The van der Waals surface area contributed by atoms with Crippen LogP contribution in [0.4, 0.5) is 0 Å². The Kier molecular flexibility index (Phi) is 17.9. The highest BCUT2D eigenvalue weighted by Gasteiger charge is 2.14. The monoisotopic (exact) mass is 958 g/mol. The number of nitrogens with one attached hydrogen (secondary N) is 4. The molecular formula is C55H63N11O5. The smallest absolute Gasteiger partial charge is 0.267 e. The number of aromatic nitrogens is 6. The maximum atomic E-state index is 12.5. The van der Waals surface area contributed by atoms with E-state index in [1.807, 2.05) is 66.9 Å². The molecule has 0 atom stereocenters. The second-order valence-electron chi connectivity index (χ2n) is 18.2. The lowest BCUT2D eigenvalue weighted by Gasteiger charge is -2.26. The number of carbonyl (C=O) groups is 2. The largest absolute Gasteiger partial charge is 0.392 e. The molecule has 6 heterocycles. The van der Waals surface area contributed by atoms with Crippen molar-refractivity contribution in [3.63, 3.8) is 0 Å². The first-order valence-corrected chi connectivity index (χ1v) is 24.8. The van der Waals surface area contributed by atoms with Gasteiger partial charge in [-0.25, -0.2) is 9.78 Å². The number of amides is 2. The molecule has 16 heteroatoms. The van der Waals surface area contributed by atoms with E-state index in [0.717, 1.165) is 71.2 Å². The SMILES string of the molecule is O=C(NCCCN1CCCCC1)c1ccc(-c2ccc(=O)[nH]n2)cc1.O=C(NCCCN1CCCCC1)c1ccc(-c2ccc(=O)n(Cc3ccc4c(c3)C=NC4)n2)cc1.OCc1ccc2[nH]ncc2c1. The third-order valence-corrected chi connectivity index (χ3v) is 12.9. The first kappa shape index (κ1) is 50.0. The standard InChI is InChI=1S/C28H31N5O2.C19H24N4O2.C8H8N2O/c34-27-12-11-26(31-33(27)20-21-5-6-24-18-29-19-25(24)17-21)22-7-9-23(10-8-22)28(35)30-13-4-16-32-14-2-1-3-15-32;24-18-10-9-17(21-22-18)15-5-7-16(8-6-15)19(25)20-11-4-14-23-12-2-1-3-13-23;11-5-6-1-2-8-7(3-6)4-9-10-8/h5-12,17,19H,1-4,13-16,18,20H2,(H,30,35);5-10H,1-4,11-14H2,(H,20,25)(H,22,24);1-4,11H,5H2,(H,9,10). The van der Waals surface area contributed by atoms with Crippen LogP contribution in [0.2, 0.25) is 0 Å². The Bertz CT molecular complexity index is 2970. The summed E-state index contributed by atoms with van der Waals surface area (Å²) in [6.45, 7) is 9.40. The molecule has 0 spiro atoms. The fourth-order valence-electron chi connectivity index (χ4n) is 8.90. The molecule has 3 aliphatic rings. The first-order chi connectivity index (χ1) is 34.8. The van der Waals surface area contributed by atoms with E-state index in [0.29, 0.717) is 42.1 Å². The van der Waals surface area contributed by atoms with Gasteiger partial charge in [-0.3, -0.25) is 29.3 Å². The number of aliphatic hydroxyl groups excluding tert-OH is 1. The zero-order chi connectivity index (χ0) is 49.2. The number of nitrogens with zero attached hydrogens (tertiary/aromatic N) is 7. The Morgan fingerprint density at radius 3 is 1.85 bits per heavy atom. The van der Waals surface area contributed by atoms with Crippen LogP contribution in [0.5, 0.6) is 0 Å². The number of rotatable bonds is 15. The molecule has 10 rings (SSSR count). The second-order valence-corrected chi connectivity index (χ2v) is 18.2. The molecule has 2 fully saturated rings. The van der Waals surface area contributed by atoms with Crippen molar-refractivity contribution in [3.8, 4) is 22.5 Å². The molecule has 16 nitrogen and oxygen atoms in total. The van der Waals surface area contributed by atoms with Crippen molar-refractivity contribution in [1.82, 2.24) is 50.6 Å². The van der Waals surface area contributed by atoms with Gasteiger partial charge in [-0.15, -0.1) is 0 Å². The summed E-state index contributed by atoms with van der Waals surface area (Å²) < 4.78 is 1.48. The third-order valence-electron chi connectivity index (χ3n) is 12.9. The van der Waals surface area contributed by atoms with Crippen LogP contribution in [-0.4, -0.2) is 115 Å². The van der Waals surface area contributed by atoms with Gasteiger partial charge in [0.1, 0.15) is 0 Å². The number of aromatic amines is 2. The summed E-state index contributed by atoms with van der Waals surface area (Å²) in [7, 11) is 0. The van der Waals surface area contributed by atoms with Crippen LogP contribution in [-0.2, 0) is 19.7 Å². The molecule has 4 aromatic carbocycles. The van der Waals surface area contributed by atoms with E-state index in [9.17, 15) is 19.2 Å². The van der Waals surface area contributed by atoms with Crippen LogP contribution < -0.4 is 21.8 Å². The summed E-state index contributed by atoms with van der Waals surface area (Å²) in [6.07, 6.45) is 13.4. The first-order valence-electron chi connectivity index (χ1n) is 24.8. The highest BCUT2D eigenvalue weighted by atomic mass is 16.3. The van der Waals surface area contributed by atoms with Crippen molar-refractivity contribution in [3.05, 3.63) is 169 Å². The lowest BCUT2D eigenvalue weighted by atomic mass is 10.1. The second kappa shape index (κ2) is 25.5. The highest BCUT2D eigenvalue weighted by molar-refractivity contribution is 5.95. The molecule has 71 heavy (non-hydrogen) atoms. The summed E-state index contributed by atoms with van der Waals surface area (Å²) in [5.74, 6) is -0.118. The van der Waals surface area contributed by atoms with Crippen molar-refractivity contribution in [2.45, 2.75) is 71.1 Å². The number of carbonyl (C=O) groups excluding carboxylic acids is 2. The fraction of sp³-hybridized carbons (Fsp3) is 0.345.